The molecular weight excluding hydrogens is 302 g/mol. The van der Waals surface area contributed by atoms with E-state index in [1.807, 2.05) is 12.1 Å². The van der Waals surface area contributed by atoms with Crippen molar-refractivity contribution in [3.05, 3.63) is 47.2 Å². The topological polar surface area (TPSA) is 73.2 Å². The van der Waals surface area contributed by atoms with Crippen molar-refractivity contribution in [2.75, 3.05) is 18.2 Å². The lowest BCUT2D eigenvalue weighted by atomic mass is 10.0. The summed E-state index contributed by atoms with van der Waals surface area (Å²) in [6, 6.07) is 7.24. The Labute approximate surface area is 131 Å². The number of thioether (sulfide) groups is 1. The molecule has 22 heavy (non-hydrogen) atoms. The summed E-state index contributed by atoms with van der Waals surface area (Å²) in [5.74, 6) is 0.692. The number of nitrogens with one attached hydrogen (secondary N) is 1. The molecule has 1 aliphatic heterocycles. The number of rotatable bonds is 2. The number of esters is 1. The van der Waals surface area contributed by atoms with Gasteiger partial charge in [0, 0.05) is 12.6 Å². The molecular formula is C15H15N3O3S. The highest BCUT2D eigenvalue weighted by Crippen LogP contribution is 2.41. The van der Waals surface area contributed by atoms with Crippen molar-refractivity contribution in [1.82, 2.24) is 9.78 Å². The molecule has 114 valence electrons. The van der Waals surface area contributed by atoms with E-state index in [0.29, 0.717) is 11.3 Å². The van der Waals surface area contributed by atoms with Gasteiger partial charge in [-0.3, -0.25) is 9.48 Å². The van der Waals surface area contributed by atoms with Crippen molar-refractivity contribution in [3.8, 4) is 0 Å². The number of amides is 1. The van der Waals surface area contributed by atoms with Gasteiger partial charge >= 0.3 is 5.97 Å². The van der Waals surface area contributed by atoms with E-state index in [-0.39, 0.29) is 17.1 Å². The zero-order chi connectivity index (χ0) is 15.7. The SMILES string of the molecule is COC(=O)c1ccc([C@H]2SCC(=O)Nc3c2cnn3C)cc1. The van der Waals surface area contributed by atoms with Gasteiger partial charge in [0.1, 0.15) is 5.82 Å². The van der Waals surface area contributed by atoms with E-state index >= 15 is 0 Å². The molecule has 7 heteroatoms. The maximum Gasteiger partial charge on any atom is 0.337 e. The summed E-state index contributed by atoms with van der Waals surface area (Å²) in [5.41, 5.74) is 2.48. The molecule has 0 radical (unpaired) electrons. The summed E-state index contributed by atoms with van der Waals surface area (Å²) < 4.78 is 6.36. The number of hydrogen-bond acceptors (Lipinski definition) is 5. The number of ether oxygens (including phenoxy) is 1. The number of fused-ring (bicyclic) bond motifs is 1. The molecule has 0 unspecified atom stereocenters. The highest BCUT2D eigenvalue weighted by Gasteiger charge is 2.27. The number of methoxy groups -OCH3 is 1. The summed E-state index contributed by atoms with van der Waals surface area (Å²) in [7, 11) is 3.16. The lowest BCUT2D eigenvalue weighted by Crippen LogP contribution is -2.15. The lowest BCUT2D eigenvalue weighted by molar-refractivity contribution is -0.113. The standard InChI is InChI=1S/C15H15N3O3S/c1-18-14-11(7-16-18)13(22-8-12(19)17-14)9-3-5-10(6-4-9)15(20)21-2/h3-7,13H,8H2,1-2H3,(H,17,19)/t13-/m1/s1. The minimum atomic E-state index is -0.362. The molecule has 1 aliphatic rings. The van der Waals surface area contributed by atoms with Crippen LogP contribution < -0.4 is 5.32 Å². The second-order valence-electron chi connectivity index (χ2n) is 4.92. The smallest absolute Gasteiger partial charge is 0.337 e. The van der Waals surface area contributed by atoms with Crippen molar-refractivity contribution in [2.45, 2.75) is 5.25 Å². The van der Waals surface area contributed by atoms with Crippen molar-refractivity contribution in [2.24, 2.45) is 7.05 Å². The van der Waals surface area contributed by atoms with Crippen molar-refractivity contribution in [1.29, 1.82) is 0 Å². The second kappa shape index (κ2) is 5.84. The number of nitrogens with zero attached hydrogens (tertiary/aromatic N) is 2. The highest BCUT2D eigenvalue weighted by molar-refractivity contribution is 8.00. The average molecular weight is 317 g/mol. The molecule has 2 heterocycles. The number of anilines is 1. The van der Waals surface area contributed by atoms with Crippen LogP contribution in [0.5, 0.6) is 0 Å². The van der Waals surface area contributed by atoms with Crippen LogP contribution in [0.1, 0.15) is 26.7 Å². The van der Waals surface area contributed by atoms with E-state index < -0.39 is 0 Å². The van der Waals surface area contributed by atoms with E-state index in [9.17, 15) is 9.59 Å². The van der Waals surface area contributed by atoms with E-state index in [2.05, 4.69) is 10.4 Å². The van der Waals surface area contributed by atoms with Crippen LogP contribution in [0.2, 0.25) is 0 Å². The molecule has 1 N–H and O–H groups in total. The first kappa shape index (κ1) is 14.6. The van der Waals surface area contributed by atoms with Gasteiger partial charge in [0.25, 0.3) is 0 Å². The molecule has 3 rings (SSSR count). The number of carbonyl (C=O) groups is 2. The molecule has 0 saturated carbocycles. The van der Waals surface area contributed by atoms with Gasteiger partial charge in [-0.25, -0.2) is 4.79 Å². The Morgan fingerprint density at radius 1 is 1.41 bits per heavy atom. The molecule has 0 fully saturated rings. The predicted molar refractivity (Wildman–Crippen MR) is 83.9 cm³/mol. The van der Waals surface area contributed by atoms with Crippen LogP contribution in [0.3, 0.4) is 0 Å². The molecule has 1 atom stereocenters. The Bertz CT molecular complexity index is 724. The minimum Gasteiger partial charge on any atom is -0.465 e. The zero-order valence-corrected chi connectivity index (χ0v) is 13.0. The van der Waals surface area contributed by atoms with Gasteiger partial charge in [-0.1, -0.05) is 12.1 Å². The van der Waals surface area contributed by atoms with Crippen LogP contribution >= 0.6 is 11.8 Å². The van der Waals surface area contributed by atoms with Crippen LogP contribution in [-0.4, -0.2) is 34.5 Å². The van der Waals surface area contributed by atoms with E-state index in [1.165, 1.54) is 18.9 Å². The summed E-state index contributed by atoms with van der Waals surface area (Å²) in [5, 5.41) is 7.09. The third kappa shape index (κ3) is 2.59. The molecule has 2 aromatic rings. The normalized spacial score (nSPS) is 17.4. The molecule has 6 nitrogen and oxygen atoms in total. The molecule has 0 spiro atoms. The maximum atomic E-state index is 11.8. The van der Waals surface area contributed by atoms with Gasteiger partial charge < -0.3 is 10.1 Å². The third-order valence-corrected chi connectivity index (χ3v) is 4.81. The molecule has 0 aliphatic carbocycles. The lowest BCUT2D eigenvalue weighted by Gasteiger charge is -2.14. The fourth-order valence-electron chi connectivity index (χ4n) is 2.40. The summed E-state index contributed by atoms with van der Waals surface area (Å²) in [4.78, 5) is 23.3. The molecule has 1 amide bonds. The van der Waals surface area contributed by atoms with Crippen LogP contribution in [0.25, 0.3) is 0 Å². The Hall–Kier alpha value is -2.28. The van der Waals surface area contributed by atoms with Crippen LogP contribution in [-0.2, 0) is 16.6 Å². The fourth-order valence-corrected chi connectivity index (χ4v) is 3.50. The largest absolute Gasteiger partial charge is 0.465 e. The van der Waals surface area contributed by atoms with Crippen molar-refractivity contribution < 1.29 is 14.3 Å². The Morgan fingerprint density at radius 2 is 2.14 bits per heavy atom. The summed E-state index contributed by atoms with van der Waals surface area (Å²) in [6.07, 6.45) is 1.77. The Morgan fingerprint density at radius 3 is 2.82 bits per heavy atom. The summed E-state index contributed by atoms with van der Waals surface area (Å²) in [6.45, 7) is 0. The highest BCUT2D eigenvalue weighted by atomic mass is 32.2. The first-order valence-electron chi connectivity index (χ1n) is 6.71. The van der Waals surface area contributed by atoms with Crippen LogP contribution in [0.15, 0.2) is 30.5 Å². The zero-order valence-electron chi connectivity index (χ0n) is 12.2. The first-order valence-corrected chi connectivity index (χ1v) is 7.76. The van der Waals surface area contributed by atoms with Gasteiger partial charge in [-0.2, -0.15) is 5.10 Å². The number of benzene rings is 1. The van der Waals surface area contributed by atoms with E-state index in [1.54, 1.807) is 30.1 Å². The number of aryl methyl sites for hydroxylation is 1. The molecule has 0 saturated heterocycles. The van der Waals surface area contributed by atoms with E-state index in [4.69, 9.17) is 4.74 Å². The fraction of sp³-hybridized carbons (Fsp3) is 0.267. The van der Waals surface area contributed by atoms with Crippen molar-refractivity contribution >= 4 is 29.5 Å². The number of aromatic nitrogens is 2. The summed E-state index contributed by atoms with van der Waals surface area (Å²) >= 11 is 1.54. The van der Waals surface area contributed by atoms with Gasteiger partial charge in [-0.15, -0.1) is 11.8 Å². The van der Waals surface area contributed by atoms with Crippen molar-refractivity contribution in [3.63, 3.8) is 0 Å². The Balaban J connectivity index is 1.97. The predicted octanol–water partition coefficient (Wildman–Crippen LogP) is 1.98. The monoisotopic (exact) mass is 317 g/mol. The average Bonchev–Trinajstić information content (AvgIpc) is 2.79. The maximum absolute atomic E-state index is 11.8. The first-order chi connectivity index (χ1) is 10.6. The van der Waals surface area contributed by atoms with Gasteiger partial charge in [0.2, 0.25) is 5.91 Å². The van der Waals surface area contributed by atoms with Crippen LogP contribution in [0, 0.1) is 0 Å². The van der Waals surface area contributed by atoms with E-state index in [0.717, 1.165) is 16.9 Å². The Kier molecular flexibility index (Phi) is 3.89. The molecule has 0 bridgehead atoms. The minimum absolute atomic E-state index is 0.00523. The third-order valence-electron chi connectivity index (χ3n) is 3.52. The number of hydrogen-bond donors (Lipinski definition) is 1. The van der Waals surface area contributed by atoms with Gasteiger partial charge in [-0.05, 0) is 17.7 Å². The van der Waals surface area contributed by atoms with Crippen LogP contribution in [0.4, 0.5) is 5.82 Å². The molecule has 1 aromatic carbocycles. The number of carbonyl (C=O) groups excluding carboxylic acids is 2. The van der Waals surface area contributed by atoms with Gasteiger partial charge in [0.05, 0.1) is 29.9 Å². The molecule has 1 aromatic heterocycles. The quantitative estimate of drug-likeness (QED) is 0.858. The second-order valence-corrected chi connectivity index (χ2v) is 6.02. The van der Waals surface area contributed by atoms with Gasteiger partial charge in [0.15, 0.2) is 0 Å².